The van der Waals surface area contributed by atoms with Gasteiger partial charge < -0.3 is 10.2 Å². The third-order valence-corrected chi connectivity index (χ3v) is 6.56. The van der Waals surface area contributed by atoms with Crippen molar-refractivity contribution in [3.05, 3.63) is 23.2 Å². The van der Waals surface area contributed by atoms with Gasteiger partial charge >= 0.3 is 6.03 Å². The van der Waals surface area contributed by atoms with Crippen LogP contribution in [0.4, 0.5) is 10.5 Å². The largest absolute Gasteiger partial charge is 0.322 e. The summed E-state index contributed by atoms with van der Waals surface area (Å²) in [5.41, 5.74) is 0.673. The van der Waals surface area contributed by atoms with Gasteiger partial charge in [0.05, 0.1) is 9.77 Å². The van der Waals surface area contributed by atoms with E-state index in [1.165, 1.54) is 0 Å². The van der Waals surface area contributed by atoms with E-state index in [1.54, 1.807) is 22.7 Å². The molecule has 1 aromatic rings. The number of nitrogens with zero attached hydrogens (tertiary/aromatic N) is 1. The Morgan fingerprint density at radius 2 is 2.19 bits per heavy atom. The predicted octanol–water partition coefficient (Wildman–Crippen LogP) is 3.44. The van der Waals surface area contributed by atoms with Crippen LogP contribution in [0.15, 0.2) is 23.1 Å². The van der Waals surface area contributed by atoms with Crippen molar-refractivity contribution in [1.82, 2.24) is 4.90 Å². The molecule has 0 bridgehead atoms. The Bertz CT molecular complexity index is 578. The second kappa shape index (κ2) is 6.58. The van der Waals surface area contributed by atoms with Crippen molar-refractivity contribution in [2.75, 3.05) is 30.4 Å². The molecule has 4 nitrogen and oxygen atoms in total. The van der Waals surface area contributed by atoms with Crippen LogP contribution in [0.1, 0.15) is 13.8 Å². The van der Waals surface area contributed by atoms with E-state index in [1.807, 2.05) is 32.2 Å². The van der Waals surface area contributed by atoms with Crippen LogP contribution in [0, 0.1) is 0 Å². The summed E-state index contributed by atoms with van der Waals surface area (Å²) in [6.45, 7) is 4.85. The Hall–Kier alpha value is -0.720. The van der Waals surface area contributed by atoms with Gasteiger partial charge in [0.2, 0.25) is 0 Å². The molecule has 1 fully saturated rings. The molecule has 1 aromatic carbocycles. The monoisotopic (exact) mass is 346 g/mol. The highest BCUT2D eigenvalue weighted by atomic mass is 35.5. The van der Waals surface area contributed by atoms with Gasteiger partial charge in [0, 0.05) is 40.2 Å². The molecule has 1 aliphatic heterocycles. The summed E-state index contributed by atoms with van der Waals surface area (Å²) < 4.78 is 11.5. The lowest BCUT2D eigenvalue weighted by Crippen LogP contribution is -2.53. The van der Waals surface area contributed by atoms with Gasteiger partial charge in [-0.2, -0.15) is 0 Å². The summed E-state index contributed by atoms with van der Waals surface area (Å²) in [5.74, 6) is 0.520. The van der Waals surface area contributed by atoms with Crippen LogP contribution >= 0.6 is 23.4 Å². The van der Waals surface area contributed by atoms with Crippen molar-refractivity contribution in [1.29, 1.82) is 0 Å². The molecule has 0 saturated carbocycles. The van der Waals surface area contributed by atoms with E-state index in [0.717, 1.165) is 4.90 Å². The molecule has 0 spiro atoms. The standard InChI is InChI=1S/C14H19ClN2O2S2/c1-14(2)9-17(6-7-21(14)19)13(18)16-10-4-5-12(20-3)11(15)8-10/h4-5,8H,6-7,9H2,1-3H3,(H,16,18)/t21-/m1/s1. The van der Waals surface area contributed by atoms with E-state index in [9.17, 15) is 9.00 Å². The number of hydrogen-bond acceptors (Lipinski definition) is 3. The van der Waals surface area contributed by atoms with Crippen molar-refractivity contribution in [3.63, 3.8) is 0 Å². The highest BCUT2D eigenvalue weighted by Crippen LogP contribution is 2.28. The maximum absolute atomic E-state index is 12.3. The Morgan fingerprint density at radius 1 is 1.48 bits per heavy atom. The molecule has 2 amide bonds. The van der Waals surface area contributed by atoms with Gasteiger partial charge in [0.15, 0.2) is 0 Å². The second-order valence-corrected chi connectivity index (χ2v) is 8.97. The van der Waals surface area contributed by atoms with Crippen LogP contribution in [-0.4, -0.2) is 45.0 Å². The van der Waals surface area contributed by atoms with Gasteiger partial charge in [-0.05, 0) is 38.3 Å². The Morgan fingerprint density at radius 3 is 2.76 bits per heavy atom. The first-order valence-corrected chi connectivity index (χ1v) is 9.53. The Balaban J connectivity index is 2.05. The average molecular weight is 347 g/mol. The number of benzene rings is 1. The lowest BCUT2D eigenvalue weighted by atomic mass is 10.2. The number of nitrogens with one attached hydrogen (secondary N) is 1. The Kier molecular flexibility index (Phi) is 5.22. The smallest absolute Gasteiger partial charge is 0.321 e. The molecule has 1 atom stereocenters. The number of thioether (sulfide) groups is 1. The van der Waals surface area contributed by atoms with Gasteiger partial charge in [-0.3, -0.25) is 4.21 Å². The molecule has 2 rings (SSSR count). The predicted molar refractivity (Wildman–Crippen MR) is 90.9 cm³/mol. The highest BCUT2D eigenvalue weighted by molar-refractivity contribution is 7.98. The normalized spacial score (nSPS) is 21.1. The first-order valence-electron chi connectivity index (χ1n) is 6.61. The summed E-state index contributed by atoms with van der Waals surface area (Å²) in [6.07, 6.45) is 1.95. The van der Waals surface area contributed by atoms with Crippen molar-refractivity contribution >= 4 is 45.9 Å². The van der Waals surface area contributed by atoms with E-state index in [2.05, 4.69) is 5.32 Å². The summed E-state index contributed by atoms with van der Waals surface area (Å²) in [6, 6.07) is 5.30. The molecule has 1 heterocycles. The fourth-order valence-electron chi connectivity index (χ4n) is 2.20. The molecular formula is C14H19ClN2O2S2. The number of amides is 2. The van der Waals surface area contributed by atoms with Gasteiger partial charge in [-0.15, -0.1) is 11.8 Å². The molecule has 1 saturated heterocycles. The quantitative estimate of drug-likeness (QED) is 0.834. The van der Waals surface area contributed by atoms with Crippen molar-refractivity contribution in [2.45, 2.75) is 23.5 Å². The third kappa shape index (κ3) is 3.93. The number of anilines is 1. The SMILES string of the molecule is CSc1ccc(NC(=O)N2CC[S@@](=O)C(C)(C)C2)cc1Cl. The zero-order valence-electron chi connectivity index (χ0n) is 12.3. The molecular weight excluding hydrogens is 328 g/mol. The maximum atomic E-state index is 12.3. The highest BCUT2D eigenvalue weighted by Gasteiger charge is 2.35. The molecule has 1 N–H and O–H groups in total. The van der Waals surface area contributed by atoms with Gasteiger partial charge in [-0.25, -0.2) is 4.79 Å². The first kappa shape index (κ1) is 16.6. The average Bonchev–Trinajstić information content (AvgIpc) is 2.42. The zero-order chi connectivity index (χ0) is 15.6. The van der Waals surface area contributed by atoms with E-state index in [4.69, 9.17) is 11.6 Å². The molecule has 21 heavy (non-hydrogen) atoms. The van der Waals surface area contributed by atoms with E-state index < -0.39 is 10.8 Å². The second-order valence-electron chi connectivity index (χ2n) is 5.51. The van der Waals surface area contributed by atoms with Crippen LogP contribution < -0.4 is 5.32 Å². The molecule has 0 unspecified atom stereocenters. The van der Waals surface area contributed by atoms with Crippen LogP contribution in [0.3, 0.4) is 0 Å². The van der Waals surface area contributed by atoms with Crippen LogP contribution in [0.25, 0.3) is 0 Å². The number of rotatable bonds is 2. The Labute approximate surface area is 137 Å². The summed E-state index contributed by atoms with van der Waals surface area (Å²) in [4.78, 5) is 15.0. The molecule has 7 heteroatoms. The van der Waals surface area contributed by atoms with E-state index in [-0.39, 0.29) is 10.8 Å². The number of halogens is 1. The molecule has 1 aliphatic rings. The number of carbonyl (C=O) groups excluding carboxylic acids is 1. The molecule has 0 aliphatic carbocycles. The van der Waals surface area contributed by atoms with Gasteiger partial charge in [0.1, 0.15) is 0 Å². The van der Waals surface area contributed by atoms with Crippen molar-refractivity contribution < 1.29 is 9.00 Å². The maximum Gasteiger partial charge on any atom is 0.321 e. The van der Waals surface area contributed by atoms with Crippen LogP contribution in [0.5, 0.6) is 0 Å². The first-order chi connectivity index (χ1) is 9.83. The van der Waals surface area contributed by atoms with Crippen molar-refractivity contribution in [3.8, 4) is 0 Å². The lowest BCUT2D eigenvalue weighted by molar-refractivity contribution is 0.207. The van der Waals surface area contributed by atoms with E-state index >= 15 is 0 Å². The molecule has 116 valence electrons. The van der Waals surface area contributed by atoms with Crippen LogP contribution in [-0.2, 0) is 10.8 Å². The fourth-order valence-corrected chi connectivity index (χ4v) is 4.31. The number of carbonyl (C=O) groups is 1. The molecule has 0 radical (unpaired) electrons. The minimum absolute atomic E-state index is 0.173. The van der Waals surface area contributed by atoms with Gasteiger partial charge in [0.25, 0.3) is 0 Å². The minimum Gasteiger partial charge on any atom is -0.322 e. The summed E-state index contributed by atoms with van der Waals surface area (Å²) >= 11 is 7.70. The number of hydrogen-bond donors (Lipinski definition) is 1. The topological polar surface area (TPSA) is 49.4 Å². The van der Waals surface area contributed by atoms with Crippen LogP contribution in [0.2, 0.25) is 5.02 Å². The van der Waals surface area contributed by atoms with Gasteiger partial charge in [-0.1, -0.05) is 11.6 Å². The number of urea groups is 1. The van der Waals surface area contributed by atoms with Crippen molar-refractivity contribution in [2.24, 2.45) is 0 Å². The van der Waals surface area contributed by atoms with E-state index in [0.29, 0.717) is 29.6 Å². The lowest BCUT2D eigenvalue weighted by Gasteiger charge is -2.37. The summed E-state index contributed by atoms with van der Waals surface area (Å²) in [5, 5.41) is 3.48. The fraction of sp³-hybridized carbons (Fsp3) is 0.500. The zero-order valence-corrected chi connectivity index (χ0v) is 14.7. The minimum atomic E-state index is -0.888. The third-order valence-electron chi connectivity index (χ3n) is 3.42. The molecule has 0 aromatic heterocycles. The summed E-state index contributed by atoms with van der Waals surface area (Å²) in [7, 11) is -0.888.